The van der Waals surface area contributed by atoms with Crippen molar-refractivity contribution in [2.24, 2.45) is 0 Å². The number of nitrogens with zero attached hydrogens (tertiary/aromatic N) is 2. The number of rotatable bonds is 7. The molecule has 0 atom stereocenters. The van der Waals surface area contributed by atoms with Crippen LogP contribution in [0.2, 0.25) is 0 Å². The Kier molecular flexibility index (Phi) is 6.10. The summed E-state index contributed by atoms with van der Waals surface area (Å²) in [6.45, 7) is 7.76. The molecule has 7 nitrogen and oxygen atoms in total. The number of likely N-dealkylation sites (tertiary alicyclic amines) is 1. The van der Waals surface area contributed by atoms with Crippen LogP contribution >= 0.6 is 11.3 Å². The third-order valence-electron chi connectivity index (χ3n) is 5.65. The number of H-pyrrole nitrogens is 1. The molecule has 4 heterocycles. The molecular weight excluding hydrogens is 376 g/mol. The van der Waals surface area contributed by atoms with E-state index in [2.05, 4.69) is 26.5 Å². The number of hydrogen-bond donors (Lipinski definition) is 2. The molecule has 152 valence electrons. The molecule has 2 aliphatic rings. The maximum atomic E-state index is 12.6. The van der Waals surface area contributed by atoms with Gasteiger partial charge in [-0.05, 0) is 37.5 Å². The van der Waals surface area contributed by atoms with E-state index in [1.54, 1.807) is 17.5 Å². The molecule has 1 amide bonds. The van der Waals surface area contributed by atoms with Crippen LogP contribution in [-0.2, 0) is 28.0 Å². The van der Waals surface area contributed by atoms with Gasteiger partial charge in [-0.2, -0.15) is 5.10 Å². The highest BCUT2D eigenvalue weighted by atomic mass is 32.1. The summed E-state index contributed by atoms with van der Waals surface area (Å²) >= 11 is 1.61. The van der Waals surface area contributed by atoms with Gasteiger partial charge < -0.3 is 19.7 Å². The van der Waals surface area contributed by atoms with Gasteiger partial charge >= 0.3 is 0 Å². The summed E-state index contributed by atoms with van der Waals surface area (Å²) in [6.07, 6.45) is 4.52. The van der Waals surface area contributed by atoms with Crippen LogP contribution in [0.1, 0.15) is 45.6 Å². The minimum atomic E-state index is -0.228. The van der Waals surface area contributed by atoms with Crippen molar-refractivity contribution in [2.45, 2.75) is 38.3 Å². The molecule has 4 rings (SSSR count). The van der Waals surface area contributed by atoms with Gasteiger partial charge in [-0.25, -0.2) is 0 Å². The van der Waals surface area contributed by atoms with Crippen LogP contribution in [-0.4, -0.2) is 60.5 Å². The number of ether oxygens (including phenoxy) is 2. The fourth-order valence-electron chi connectivity index (χ4n) is 4.06. The van der Waals surface area contributed by atoms with Gasteiger partial charge in [-0.3, -0.25) is 9.89 Å². The summed E-state index contributed by atoms with van der Waals surface area (Å²) in [5.41, 5.74) is 1.91. The molecule has 28 heavy (non-hydrogen) atoms. The van der Waals surface area contributed by atoms with Crippen molar-refractivity contribution in [2.75, 3.05) is 39.5 Å². The summed E-state index contributed by atoms with van der Waals surface area (Å²) in [4.78, 5) is 17.2. The number of piperidine rings is 1. The molecule has 0 saturated carbocycles. The van der Waals surface area contributed by atoms with Crippen molar-refractivity contribution >= 4 is 17.2 Å². The average Bonchev–Trinajstić information content (AvgIpc) is 3.38. The number of aromatic nitrogens is 2. The highest BCUT2D eigenvalue weighted by Gasteiger charge is 2.42. The minimum Gasteiger partial charge on any atom is -0.380 e. The first-order valence-electron chi connectivity index (χ1n) is 10.0. The van der Waals surface area contributed by atoms with Crippen molar-refractivity contribution < 1.29 is 14.3 Å². The normalized spacial score (nSPS) is 18.9. The zero-order valence-corrected chi connectivity index (χ0v) is 17.1. The molecule has 2 aromatic heterocycles. The number of amides is 1. The van der Waals surface area contributed by atoms with E-state index in [9.17, 15) is 4.79 Å². The SMILES string of the molecule is CCOCCN1CCC2(CC1)OCCc1sc(C(=O)NCc3ccn[nH]3)cc12. The maximum absolute atomic E-state index is 12.6. The van der Waals surface area contributed by atoms with E-state index in [4.69, 9.17) is 9.47 Å². The van der Waals surface area contributed by atoms with Gasteiger partial charge in [-0.1, -0.05) is 0 Å². The van der Waals surface area contributed by atoms with Crippen molar-refractivity contribution in [3.05, 3.63) is 39.3 Å². The second-order valence-electron chi connectivity index (χ2n) is 7.34. The van der Waals surface area contributed by atoms with E-state index in [-0.39, 0.29) is 11.5 Å². The molecule has 1 saturated heterocycles. The number of carbonyl (C=O) groups excluding carboxylic acids is 1. The molecule has 0 unspecified atom stereocenters. The first-order valence-corrected chi connectivity index (χ1v) is 10.9. The predicted molar refractivity (Wildman–Crippen MR) is 108 cm³/mol. The van der Waals surface area contributed by atoms with Crippen molar-refractivity contribution in [1.29, 1.82) is 0 Å². The van der Waals surface area contributed by atoms with Gasteiger partial charge in [0.2, 0.25) is 0 Å². The smallest absolute Gasteiger partial charge is 0.261 e. The fraction of sp³-hybridized carbons (Fsp3) is 0.600. The zero-order chi connectivity index (χ0) is 19.4. The van der Waals surface area contributed by atoms with Gasteiger partial charge in [0, 0.05) is 43.7 Å². The van der Waals surface area contributed by atoms with Crippen LogP contribution < -0.4 is 5.32 Å². The van der Waals surface area contributed by atoms with Crippen molar-refractivity contribution in [1.82, 2.24) is 20.4 Å². The number of nitrogens with one attached hydrogen (secondary N) is 2. The first-order chi connectivity index (χ1) is 13.7. The average molecular weight is 405 g/mol. The summed E-state index contributed by atoms with van der Waals surface area (Å²) in [5, 5.41) is 9.75. The monoisotopic (exact) mass is 404 g/mol. The van der Waals surface area contributed by atoms with E-state index >= 15 is 0 Å². The van der Waals surface area contributed by atoms with Crippen LogP contribution in [0.4, 0.5) is 0 Å². The third-order valence-corrected chi connectivity index (χ3v) is 6.84. The number of carbonyl (C=O) groups is 1. The molecule has 1 spiro atoms. The summed E-state index contributed by atoms with van der Waals surface area (Å²) < 4.78 is 11.8. The van der Waals surface area contributed by atoms with E-state index in [1.165, 1.54) is 10.4 Å². The van der Waals surface area contributed by atoms with Gasteiger partial charge in [0.15, 0.2) is 0 Å². The van der Waals surface area contributed by atoms with E-state index < -0.39 is 0 Å². The standard InChI is InChI=1S/C20H28N4O3S/c1-2-26-12-10-24-8-5-20(6-9-24)16-13-18(28-17(16)4-11-27-20)19(25)21-14-15-3-7-22-23-15/h3,7,13H,2,4-6,8-12,14H2,1H3,(H,21,25)(H,22,23). The molecule has 0 bridgehead atoms. The van der Waals surface area contributed by atoms with Crippen LogP contribution in [0.5, 0.6) is 0 Å². The summed E-state index contributed by atoms with van der Waals surface area (Å²) in [7, 11) is 0. The van der Waals surface area contributed by atoms with E-state index in [0.29, 0.717) is 6.54 Å². The highest BCUT2D eigenvalue weighted by molar-refractivity contribution is 7.14. The first kappa shape index (κ1) is 19.6. The number of fused-ring (bicyclic) bond motifs is 2. The van der Waals surface area contributed by atoms with Crippen LogP contribution in [0.25, 0.3) is 0 Å². The molecule has 0 aliphatic carbocycles. The molecule has 1 fully saturated rings. The van der Waals surface area contributed by atoms with Crippen molar-refractivity contribution in [3.63, 3.8) is 0 Å². The Morgan fingerprint density at radius 2 is 2.32 bits per heavy atom. The molecule has 0 radical (unpaired) electrons. The van der Waals surface area contributed by atoms with E-state index in [0.717, 1.165) is 69.3 Å². The highest BCUT2D eigenvalue weighted by Crippen LogP contribution is 2.44. The third kappa shape index (κ3) is 4.15. The van der Waals surface area contributed by atoms with Gasteiger partial charge in [-0.15, -0.1) is 11.3 Å². The minimum absolute atomic E-state index is 0.0294. The second kappa shape index (κ2) is 8.73. The Bertz CT molecular complexity index is 781. The van der Waals surface area contributed by atoms with Gasteiger partial charge in [0.25, 0.3) is 5.91 Å². The van der Waals surface area contributed by atoms with Gasteiger partial charge in [0.1, 0.15) is 0 Å². The number of hydrogen-bond acceptors (Lipinski definition) is 6. The lowest BCUT2D eigenvalue weighted by Crippen LogP contribution is -2.46. The Labute approximate surface area is 169 Å². The number of aromatic amines is 1. The van der Waals surface area contributed by atoms with Gasteiger partial charge in [0.05, 0.1) is 35.9 Å². The van der Waals surface area contributed by atoms with Crippen LogP contribution in [0.15, 0.2) is 18.3 Å². The lowest BCUT2D eigenvalue weighted by Gasteiger charge is -2.44. The second-order valence-corrected chi connectivity index (χ2v) is 8.48. The lowest BCUT2D eigenvalue weighted by atomic mass is 9.82. The van der Waals surface area contributed by atoms with E-state index in [1.807, 2.05) is 13.0 Å². The van der Waals surface area contributed by atoms with Crippen molar-refractivity contribution in [3.8, 4) is 0 Å². The molecule has 8 heteroatoms. The largest absolute Gasteiger partial charge is 0.380 e. The van der Waals surface area contributed by atoms with Crippen LogP contribution in [0.3, 0.4) is 0 Å². The summed E-state index contributed by atoms with van der Waals surface area (Å²) in [6, 6.07) is 3.93. The molecule has 2 N–H and O–H groups in total. The number of thiophene rings is 1. The summed E-state index contributed by atoms with van der Waals surface area (Å²) in [5.74, 6) is -0.0294. The lowest BCUT2D eigenvalue weighted by molar-refractivity contribution is -0.0986. The topological polar surface area (TPSA) is 79.5 Å². The molecule has 0 aromatic carbocycles. The predicted octanol–water partition coefficient (Wildman–Crippen LogP) is 2.30. The Balaban J connectivity index is 1.41. The Hall–Kier alpha value is -1.74. The quantitative estimate of drug-likeness (QED) is 0.693. The molecular formula is C20H28N4O3S. The fourth-order valence-corrected chi connectivity index (χ4v) is 5.21. The Morgan fingerprint density at radius 3 is 3.07 bits per heavy atom. The molecule has 2 aromatic rings. The molecule has 2 aliphatic heterocycles. The maximum Gasteiger partial charge on any atom is 0.261 e. The van der Waals surface area contributed by atoms with Crippen LogP contribution in [0, 0.1) is 0 Å². The zero-order valence-electron chi connectivity index (χ0n) is 16.3. The Morgan fingerprint density at radius 1 is 1.46 bits per heavy atom.